The molecule has 0 aliphatic heterocycles. The molecule has 3 nitrogen and oxygen atoms in total. The Hall–Kier alpha value is -1.82. The molecule has 120 valence electrons. The molecular formula is C19H21IN2O. The monoisotopic (exact) mass is 420 g/mol. The Morgan fingerprint density at radius 2 is 1.87 bits per heavy atom. The molecule has 0 aliphatic carbocycles. The van der Waals surface area contributed by atoms with Crippen LogP contribution in [-0.4, -0.2) is 11.7 Å². The van der Waals surface area contributed by atoms with Gasteiger partial charge in [0, 0.05) is 36.3 Å². The Labute approximate surface area is 154 Å². The van der Waals surface area contributed by atoms with Gasteiger partial charge in [-0.15, -0.1) is 0 Å². The minimum Gasteiger partial charge on any atom is -1.00 e. The number of benzene rings is 1. The number of pyridine rings is 1. The van der Waals surface area contributed by atoms with Crippen LogP contribution in [0.5, 0.6) is 5.75 Å². The van der Waals surface area contributed by atoms with E-state index in [1.165, 1.54) is 22.0 Å². The van der Waals surface area contributed by atoms with E-state index in [1.807, 2.05) is 17.7 Å². The lowest BCUT2D eigenvalue weighted by Crippen LogP contribution is -3.00. The van der Waals surface area contributed by atoms with Crippen molar-refractivity contribution >= 4 is 23.1 Å². The number of nitrogens with zero attached hydrogens (tertiary/aromatic N) is 2. The fourth-order valence-electron chi connectivity index (χ4n) is 2.63. The van der Waals surface area contributed by atoms with Crippen LogP contribution in [0.15, 0.2) is 48.9 Å². The Morgan fingerprint density at radius 3 is 2.52 bits per heavy atom. The van der Waals surface area contributed by atoms with Gasteiger partial charge in [0.15, 0.2) is 12.4 Å². The van der Waals surface area contributed by atoms with E-state index in [0.717, 1.165) is 12.3 Å². The van der Waals surface area contributed by atoms with Crippen LogP contribution in [0.3, 0.4) is 0 Å². The number of fused-ring (bicyclic) bond motifs is 1. The minimum atomic E-state index is 0. The van der Waals surface area contributed by atoms with E-state index >= 15 is 0 Å². The molecule has 0 bridgehead atoms. The molecule has 3 rings (SSSR count). The molecule has 0 unspecified atom stereocenters. The minimum absolute atomic E-state index is 0. The third-order valence-electron chi connectivity index (χ3n) is 3.92. The Kier molecular flexibility index (Phi) is 5.82. The van der Waals surface area contributed by atoms with Crippen molar-refractivity contribution in [3.63, 3.8) is 0 Å². The first-order valence-corrected chi connectivity index (χ1v) is 7.51. The molecular weight excluding hydrogens is 399 g/mol. The number of rotatable bonds is 4. The van der Waals surface area contributed by atoms with Crippen LogP contribution in [0, 0.1) is 0 Å². The van der Waals surface area contributed by atoms with Gasteiger partial charge in [-0.1, -0.05) is 12.2 Å². The third-order valence-corrected chi connectivity index (χ3v) is 3.92. The second kappa shape index (κ2) is 7.64. The zero-order valence-electron chi connectivity index (χ0n) is 13.7. The number of ether oxygens (including phenoxy) is 1. The molecule has 0 aliphatic rings. The standard InChI is InChI=1S/C19H21N2O.HI/c1-4-21-14-16(6-5-15-9-11-20(2)12-10-15)18-8-7-17(22-3)13-19(18)21;/h5-14H,4H2,1-3H3;1H/q+1;/p-1. The van der Waals surface area contributed by atoms with Crippen molar-refractivity contribution < 1.29 is 33.3 Å². The molecule has 0 radical (unpaired) electrons. The van der Waals surface area contributed by atoms with E-state index in [9.17, 15) is 0 Å². The largest absolute Gasteiger partial charge is 1.00 e. The van der Waals surface area contributed by atoms with Crippen LogP contribution in [-0.2, 0) is 13.6 Å². The number of aromatic nitrogens is 2. The topological polar surface area (TPSA) is 18.0 Å². The van der Waals surface area contributed by atoms with Gasteiger partial charge >= 0.3 is 0 Å². The zero-order valence-corrected chi connectivity index (χ0v) is 15.8. The summed E-state index contributed by atoms with van der Waals surface area (Å²) in [5, 5.41) is 1.25. The molecule has 0 amide bonds. The third kappa shape index (κ3) is 3.75. The predicted molar refractivity (Wildman–Crippen MR) is 90.7 cm³/mol. The van der Waals surface area contributed by atoms with Crippen molar-refractivity contribution in [1.29, 1.82) is 0 Å². The highest BCUT2D eigenvalue weighted by Gasteiger charge is 2.07. The molecule has 2 aromatic heterocycles. The van der Waals surface area contributed by atoms with Gasteiger partial charge in [0.05, 0.1) is 12.6 Å². The molecule has 0 spiro atoms. The fraction of sp³-hybridized carbons (Fsp3) is 0.211. The normalized spacial score (nSPS) is 10.9. The van der Waals surface area contributed by atoms with Gasteiger partial charge in [0.25, 0.3) is 0 Å². The van der Waals surface area contributed by atoms with E-state index < -0.39 is 0 Å². The number of hydrogen-bond donors (Lipinski definition) is 0. The SMILES string of the molecule is CCn1cc(C=Cc2cc[n+](C)cc2)c2ccc(OC)cc21.[I-]. The van der Waals surface area contributed by atoms with Crippen molar-refractivity contribution in [2.45, 2.75) is 13.5 Å². The van der Waals surface area contributed by atoms with Gasteiger partial charge in [-0.2, -0.15) is 0 Å². The molecule has 0 saturated carbocycles. The zero-order chi connectivity index (χ0) is 15.5. The quantitative estimate of drug-likeness (QED) is 0.449. The van der Waals surface area contributed by atoms with E-state index in [4.69, 9.17) is 4.74 Å². The highest BCUT2D eigenvalue weighted by Crippen LogP contribution is 2.27. The summed E-state index contributed by atoms with van der Waals surface area (Å²) in [7, 11) is 3.73. The summed E-state index contributed by atoms with van der Waals surface area (Å²) in [6.07, 6.45) is 10.6. The molecule has 0 atom stereocenters. The molecule has 3 aromatic rings. The predicted octanol–water partition coefficient (Wildman–Crippen LogP) is 0.669. The Morgan fingerprint density at radius 1 is 1.13 bits per heavy atom. The van der Waals surface area contributed by atoms with E-state index in [2.05, 4.69) is 66.5 Å². The van der Waals surface area contributed by atoms with Crippen LogP contribution in [0.1, 0.15) is 18.1 Å². The first-order chi connectivity index (χ1) is 10.7. The van der Waals surface area contributed by atoms with Gasteiger partial charge < -0.3 is 33.3 Å². The summed E-state index contributed by atoms with van der Waals surface area (Å²) in [5.74, 6) is 0.895. The van der Waals surface area contributed by atoms with Gasteiger partial charge in [-0.3, -0.25) is 0 Å². The number of aryl methyl sites for hydroxylation is 2. The maximum absolute atomic E-state index is 5.34. The van der Waals surface area contributed by atoms with Gasteiger partial charge in [0.2, 0.25) is 0 Å². The summed E-state index contributed by atoms with van der Waals surface area (Å²) in [5.41, 5.74) is 3.64. The lowest BCUT2D eigenvalue weighted by molar-refractivity contribution is -0.671. The first kappa shape index (κ1) is 17.5. The van der Waals surface area contributed by atoms with Gasteiger partial charge in [-0.25, -0.2) is 4.57 Å². The molecule has 2 heterocycles. The van der Waals surface area contributed by atoms with Gasteiger partial charge in [0.1, 0.15) is 12.8 Å². The molecule has 23 heavy (non-hydrogen) atoms. The fourth-order valence-corrected chi connectivity index (χ4v) is 2.63. The van der Waals surface area contributed by atoms with Crippen LogP contribution < -0.4 is 33.3 Å². The Bertz CT molecular complexity index is 819. The van der Waals surface area contributed by atoms with E-state index in [0.29, 0.717) is 0 Å². The van der Waals surface area contributed by atoms with Crippen molar-refractivity contribution in [3.8, 4) is 5.75 Å². The average Bonchev–Trinajstić information content (AvgIpc) is 2.91. The van der Waals surface area contributed by atoms with Crippen LogP contribution in [0.25, 0.3) is 23.1 Å². The first-order valence-electron chi connectivity index (χ1n) is 7.51. The van der Waals surface area contributed by atoms with E-state index in [-0.39, 0.29) is 24.0 Å². The van der Waals surface area contributed by atoms with Crippen molar-refractivity contribution in [2.75, 3.05) is 7.11 Å². The summed E-state index contributed by atoms with van der Waals surface area (Å²) in [6, 6.07) is 10.5. The molecule has 0 N–H and O–H groups in total. The van der Waals surface area contributed by atoms with Crippen molar-refractivity contribution in [2.24, 2.45) is 7.05 Å². The van der Waals surface area contributed by atoms with Crippen molar-refractivity contribution in [3.05, 3.63) is 60.0 Å². The van der Waals surface area contributed by atoms with Gasteiger partial charge in [-0.05, 0) is 30.2 Å². The maximum atomic E-state index is 5.34. The summed E-state index contributed by atoms with van der Waals surface area (Å²) >= 11 is 0. The van der Waals surface area contributed by atoms with Crippen LogP contribution in [0.4, 0.5) is 0 Å². The second-order valence-corrected chi connectivity index (χ2v) is 5.38. The lowest BCUT2D eigenvalue weighted by Gasteiger charge is -2.03. The summed E-state index contributed by atoms with van der Waals surface area (Å²) < 4.78 is 9.62. The Balaban J connectivity index is 0.00000192. The van der Waals surface area contributed by atoms with E-state index in [1.54, 1.807) is 7.11 Å². The molecule has 1 aromatic carbocycles. The lowest BCUT2D eigenvalue weighted by atomic mass is 10.1. The van der Waals surface area contributed by atoms with Crippen LogP contribution >= 0.6 is 0 Å². The average molecular weight is 420 g/mol. The number of hydrogen-bond acceptors (Lipinski definition) is 1. The second-order valence-electron chi connectivity index (χ2n) is 5.38. The molecule has 0 fully saturated rings. The molecule has 4 heteroatoms. The number of methoxy groups -OCH3 is 1. The highest BCUT2D eigenvalue weighted by molar-refractivity contribution is 5.92. The maximum Gasteiger partial charge on any atom is 0.169 e. The van der Waals surface area contributed by atoms with Crippen LogP contribution in [0.2, 0.25) is 0 Å². The number of halogens is 1. The molecule has 0 saturated heterocycles. The summed E-state index contributed by atoms with van der Waals surface area (Å²) in [4.78, 5) is 0. The highest BCUT2D eigenvalue weighted by atomic mass is 127. The van der Waals surface area contributed by atoms with Crippen molar-refractivity contribution in [1.82, 2.24) is 4.57 Å². The smallest absolute Gasteiger partial charge is 0.169 e. The summed E-state index contributed by atoms with van der Waals surface area (Å²) in [6.45, 7) is 3.10.